The van der Waals surface area contributed by atoms with Crippen LogP contribution in [0.15, 0.2) is 11.0 Å². The van der Waals surface area contributed by atoms with Gasteiger partial charge in [-0.2, -0.15) is 5.10 Å². The van der Waals surface area contributed by atoms with Crippen molar-refractivity contribution in [3.8, 4) is 0 Å². The van der Waals surface area contributed by atoms with Crippen molar-refractivity contribution >= 4 is 17.3 Å². The number of anilines is 1. The second kappa shape index (κ2) is 6.79. The van der Waals surface area contributed by atoms with Gasteiger partial charge in [-0.1, -0.05) is 25.4 Å². The topological polar surface area (TPSA) is 67.2 Å². The number of aliphatic hydroxyl groups is 1. The highest BCUT2D eigenvalue weighted by Crippen LogP contribution is 2.30. The number of aromatic nitrogens is 2. The number of hydrogen-bond donors (Lipinski definition) is 2. The molecule has 0 aromatic carbocycles. The Balaban J connectivity index is 2.16. The van der Waals surface area contributed by atoms with E-state index in [0.717, 1.165) is 12.8 Å². The SMILES string of the molecule is CCC(CC)(CO)CNc1c(Cl)cnn(CC2CC2)c1=O. The molecule has 2 rings (SSSR count). The Hall–Kier alpha value is -1.07. The van der Waals surface area contributed by atoms with Gasteiger partial charge < -0.3 is 10.4 Å². The molecular formula is C15H24ClN3O2. The average Bonchev–Trinajstić information content (AvgIpc) is 3.31. The maximum atomic E-state index is 12.4. The summed E-state index contributed by atoms with van der Waals surface area (Å²) in [6, 6.07) is 0. The summed E-state index contributed by atoms with van der Waals surface area (Å²) in [5.74, 6) is 0.576. The molecule has 0 aliphatic heterocycles. The van der Waals surface area contributed by atoms with Crippen molar-refractivity contribution in [1.29, 1.82) is 0 Å². The lowest BCUT2D eigenvalue weighted by atomic mass is 9.83. The van der Waals surface area contributed by atoms with E-state index in [9.17, 15) is 9.90 Å². The van der Waals surface area contributed by atoms with Crippen molar-refractivity contribution in [1.82, 2.24) is 9.78 Å². The van der Waals surface area contributed by atoms with Crippen LogP contribution in [0.25, 0.3) is 0 Å². The fraction of sp³-hybridized carbons (Fsp3) is 0.733. The third-order valence-electron chi connectivity index (χ3n) is 4.60. The van der Waals surface area contributed by atoms with Crippen LogP contribution in [-0.4, -0.2) is 28.0 Å². The van der Waals surface area contributed by atoms with Crippen molar-refractivity contribution < 1.29 is 5.11 Å². The van der Waals surface area contributed by atoms with Crippen LogP contribution in [0.4, 0.5) is 5.69 Å². The summed E-state index contributed by atoms with van der Waals surface area (Å²) < 4.78 is 1.49. The minimum Gasteiger partial charge on any atom is -0.396 e. The molecule has 2 N–H and O–H groups in total. The van der Waals surface area contributed by atoms with E-state index in [-0.39, 0.29) is 17.6 Å². The molecule has 0 bridgehead atoms. The molecule has 5 nitrogen and oxygen atoms in total. The van der Waals surface area contributed by atoms with Gasteiger partial charge in [0.2, 0.25) is 0 Å². The van der Waals surface area contributed by atoms with E-state index in [1.165, 1.54) is 23.7 Å². The van der Waals surface area contributed by atoms with E-state index in [1.807, 2.05) is 13.8 Å². The monoisotopic (exact) mass is 313 g/mol. The molecule has 1 aliphatic carbocycles. The molecule has 1 heterocycles. The third-order valence-corrected chi connectivity index (χ3v) is 4.89. The maximum absolute atomic E-state index is 12.4. The minimum atomic E-state index is -0.222. The lowest BCUT2D eigenvalue weighted by molar-refractivity contribution is 0.127. The Bertz CT molecular complexity index is 528. The van der Waals surface area contributed by atoms with Gasteiger partial charge in [0.1, 0.15) is 5.69 Å². The van der Waals surface area contributed by atoms with E-state index in [4.69, 9.17) is 11.6 Å². The molecule has 0 atom stereocenters. The zero-order chi connectivity index (χ0) is 15.5. The summed E-state index contributed by atoms with van der Waals surface area (Å²) in [5.41, 5.74) is 0.000810. The second-order valence-electron chi connectivity index (χ2n) is 6.02. The molecule has 0 unspecified atom stereocenters. The van der Waals surface area contributed by atoms with Crippen LogP contribution in [-0.2, 0) is 6.54 Å². The second-order valence-corrected chi connectivity index (χ2v) is 6.42. The smallest absolute Gasteiger partial charge is 0.291 e. The zero-order valence-corrected chi connectivity index (χ0v) is 13.5. The van der Waals surface area contributed by atoms with Crippen molar-refractivity contribution in [2.45, 2.75) is 46.1 Å². The fourth-order valence-electron chi connectivity index (χ4n) is 2.36. The quantitative estimate of drug-likeness (QED) is 0.774. The summed E-state index contributed by atoms with van der Waals surface area (Å²) in [6.45, 7) is 5.37. The van der Waals surface area contributed by atoms with E-state index < -0.39 is 0 Å². The highest BCUT2D eigenvalue weighted by atomic mass is 35.5. The van der Waals surface area contributed by atoms with Crippen LogP contribution < -0.4 is 10.9 Å². The van der Waals surface area contributed by atoms with Gasteiger partial charge in [0.05, 0.1) is 17.8 Å². The Kier molecular flexibility index (Phi) is 5.27. The highest BCUT2D eigenvalue weighted by Gasteiger charge is 2.27. The largest absolute Gasteiger partial charge is 0.396 e. The van der Waals surface area contributed by atoms with Crippen LogP contribution in [0.2, 0.25) is 5.02 Å². The van der Waals surface area contributed by atoms with E-state index in [0.29, 0.717) is 29.7 Å². The number of aliphatic hydroxyl groups excluding tert-OH is 1. The van der Waals surface area contributed by atoms with Crippen LogP contribution >= 0.6 is 11.6 Å². The first-order valence-electron chi connectivity index (χ1n) is 7.65. The van der Waals surface area contributed by atoms with Gasteiger partial charge >= 0.3 is 0 Å². The van der Waals surface area contributed by atoms with Gasteiger partial charge in [0, 0.05) is 18.5 Å². The lowest BCUT2D eigenvalue weighted by Gasteiger charge is -2.30. The summed E-state index contributed by atoms with van der Waals surface area (Å²) in [5, 5.41) is 17.2. The van der Waals surface area contributed by atoms with Crippen molar-refractivity contribution in [3.05, 3.63) is 21.6 Å². The summed E-state index contributed by atoms with van der Waals surface area (Å²) in [4.78, 5) is 12.4. The number of hydrogen-bond acceptors (Lipinski definition) is 4. The average molecular weight is 314 g/mol. The first kappa shape index (κ1) is 16.3. The Labute approximate surface area is 130 Å². The maximum Gasteiger partial charge on any atom is 0.291 e. The number of rotatable bonds is 8. The molecule has 6 heteroatoms. The molecule has 0 amide bonds. The molecule has 1 saturated carbocycles. The first-order chi connectivity index (χ1) is 10.0. The summed E-state index contributed by atoms with van der Waals surface area (Å²) in [6.07, 6.45) is 5.53. The van der Waals surface area contributed by atoms with Gasteiger partial charge in [0.25, 0.3) is 5.56 Å². The van der Waals surface area contributed by atoms with Gasteiger partial charge in [-0.05, 0) is 31.6 Å². The van der Waals surface area contributed by atoms with Crippen molar-refractivity contribution in [2.24, 2.45) is 11.3 Å². The zero-order valence-electron chi connectivity index (χ0n) is 12.7. The van der Waals surface area contributed by atoms with E-state index in [2.05, 4.69) is 10.4 Å². The molecule has 1 aliphatic rings. The van der Waals surface area contributed by atoms with Crippen LogP contribution in [0.3, 0.4) is 0 Å². The Morgan fingerprint density at radius 2 is 2.14 bits per heavy atom. The Morgan fingerprint density at radius 3 is 2.67 bits per heavy atom. The van der Waals surface area contributed by atoms with Gasteiger partial charge in [0.15, 0.2) is 0 Å². The van der Waals surface area contributed by atoms with Gasteiger partial charge in [-0.3, -0.25) is 4.79 Å². The first-order valence-corrected chi connectivity index (χ1v) is 8.03. The molecule has 118 valence electrons. The summed E-state index contributed by atoms with van der Waals surface area (Å²) in [7, 11) is 0. The lowest BCUT2D eigenvalue weighted by Crippen LogP contribution is -2.35. The van der Waals surface area contributed by atoms with Gasteiger partial charge in [-0.25, -0.2) is 4.68 Å². The van der Waals surface area contributed by atoms with Crippen LogP contribution in [0.1, 0.15) is 39.5 Å². The standard InChI is InChI=1S/C15H24ClN3O2/c1-3-15(4-2,10-20)9-17-13-12(16)7-18-19(14(13)21)8-11-5-6-11/h7,11,17,20H,3-6,8-10H2,1-2H3. The number of nitrogens with one attached hydrogen (secondary N) is 1. The molecule has 1 fully saturated rings. The molecule has 1 aromatic rings. The molecular weight excluding hydrogens is 290 g/mol. The summed E-state index contributed by atoms with van der Waals surface area (Å²) >= 11 is 6.11. The predicted octanol–water partition coefficient (Wildman–Crippen LogP) is 2.52. The number of nitrogens with zero attached hydrogens (tertiary/aromatic N) is 2. The molecule has 0 radical (unpaired) electrons. The predicted molar refractivity (Wildman–Crippen MR) is 84.8 cm³/mol. The third kappa shape index (κ3) is 3.77. The highest BCUT2D eigenvalue weighted by molar-refractivity contribution is 6.32. The molecule has 0 spiro atoms. The normalized spacial score (nSPS) is 15.2. The van der Waals surface area contributed by atoms with Crippen LogP contribution in [0.5, 0.6) is 0 Å². The minimum absolute atomic E-state index is 0.0893. The molecule has 1 aromatic heterocycles. The number of halogens is 1. The molecule has 0 saturated heterocycles. The van der Waals surface area contributed by atoms with E-state index in [1.54, 1.807) is 0 Å². The van der Waals surface area contributed by atoms with Gasteiger partial charge in [-0.15, -0.1) is 0 Å². The Morgan fingerprint density at radius 1 is 1.48 bits per heavy atom. The van der Waals surface area contributed by atoms with Crippen LogP contribution in [0, 0.1) is 11.3 Å². The molecule has 21 heavy (non-hydrogen) atoms. The van der Waals surface area contributed by atoms with Crippen molar-refractivity contribution in [3.63, 3.8) is 0 Å². The fourth-order valence-corrected chi connectivity index (χ4v) is 2.55. The van der Waals surface area contributed by atoms with E-state index >= 15 is 0 Å². The van der Waals surface area contributed by atoms with Crippen molar-refractivity contribution in [2.75, 3.05) is 18.5 Å².